The zero-order valence-electron chi connectivity index (χ0n) is 18.8. The molecule has 3 aliphatic rings. The van der Waals surface area contributed by atoms with Gasteiger partial charge in [-0.05, 0) is 83.1 Å². The number of alkyl halides is 2. The van der Waals surface area contributed by atoms with Gasteiger partial charge in [-0.25, -0.2) is 4.79 Å². The van der Waals surface area contributed by atoms with Gasteiger partial charge in [0.05, 0.1) is 38.9 Å². The Morgan fingerprint density at radius 2 is 1.61 bits per heavy atom. The van der Waals surface area contributed by atoms with Crippen molar-refractivity contribution in [3.05, 3.63) is 57.0 Å². The minimum Gasteiger partial charge on any atom is -0.452 e. The second-order valence-electron chi connectivity index (χ2n) is 9.22. The average molecular weight is 615 g/mol. The number of nitrogens with zero attached hydrogens (tertiary/aromatic N) is 1. The van der Waals surface area contributed by atoms with Crippen molar-refractivity contribution in [3.63, 3.8) is 0 Å². The second-order valence-corrected chi connectivity index (χ2v) is 11.5. The molecule has 11 heteroatoms. The standard InChI is InChI=1S/C25H20BrCl3N2O5/c1-10-16(7-6-15(26)20(10)27)30-17(32)9-36-25(35)11-2-4-12(5-3-11)31-23(33)18-13-8-14(19(18)24(31)34)22(29)21(13)28/h2-7,13-14,18-19,21-22H,8-9H2,1H3,(H,30,32)/t13-,14-,18-,19+,21+,22+/m1/s1. The van der Waals surface area contributed by atoms with Crippen LogP contribution in [0, 0.1) is 30.6 Å². The van der Waals surface area contributed by atoms with Gasteiger partial charge in [0.1, 0.15) is 0 Å². The molecule has 1 N–H and O–H groups in total. The lowest BCUT2D eigenvalue weighted by molar-refractivity contribution is -0.123. The molecule has 36 heavy (non-hydrogen) atoms. The molecule has 0 unspecified atom stereocenters. The Bertz CT molecular complexity index is 1260. The number of carbonyl (C=O) groups is 4. The van der Waals surface area contributed by atoms with E-state index in [1.165, 1.54) is 29.2 Å². The number of fused-ring (bicyclic) bond motifs is 5. The summed E-state index contributed by atoms with van der Waals surface area (Å²) in [5.74, 6) is -2.91. The number of esters is 1. The molecule has 6 atom stereocenters. The van der Waals surface area contributed by atoms with Gasteiger partial charge in [-0.1, -0.05) is 11.6 Å². The number of hydrogen-bond donors (Lipinski definition) is 1. The smallest absolute Gasteiger partial charge is 0.338 e. The number of halogens is 4. The molecule has 2 aromatic rings. The summed E-state index contributed by atoms with van der Waals surface area (Å²) < 4.78 is 5.82. The van der Waals surface area contributed by atoms with Gasteiger partial charge in [0.25, 0.3) is 5.91 Å². The van der Waals surface area contributed by atoms with E-state index in [9.17, 15) is 19.2 Å². The summed E-state index contributed by atoms with van der Waals surface area (Å²) >= 11 is 22.3. The molecule has 0 spiro atoms. The van der Waals surface area contributed by atoms with Crippen molar-refractivity contribution in [3.8, 4) is 0 Å². The van der Waals surface area contributed by atoms with Crippen molar-refractivity contribution in [2.45, 2.75) is 24.1 Å². The zero-order chi connectivity index (χ0) is 25.9. The van der Waals surface area contributed by atoms with Crippen molar-refractivity contribution in [2.75, 3.05) is 16.8 Å². The molecule has 2 aromatic carbocycles. The topological polar surface area (TPSA) is 92.8 Å². The van der Waals surface area contributed by atoms with E-state index in [2.05, 4.69) is 21.2 Å². The monoisotopic (exact) mass is 612 g/mol. The van der Waals surface area contributed by atoms with E-state index >= 15 is 0 Å². The maximum Gasteiger partial charge on any atom is 0.338 e. The molecule has 1 saturated heterocycles. The van der Waals surface area contributed by atoms with Crippen molar-refractivity contribution in [2.24, 2.45) is 23.7 Å². The van der Waals surface area contributed by atoms with Crippen LogP contribution in [0.2, 0.25) is 5.02 Å². The predicted molar refractivity (Wildman–Crippen MR) is 140 cm³/mol. The van der Waals surface area contributed by atoms with E-state index < -0.39 is 30.3 Å². The number of rotatable bonds is 5. The van der Waals surface area contributed by atoms with E-state index in [0.29, 0.717) is 32.9 Å². The first-order chi connectivity index (χ1) is 17.1. The average Bonchev–Trinajstić information content (AvgIpc) is 3.48. The van der Waals surface area contributed by atoms with E-state index in [0.717, 1.165) is 0 Å². The third-order valence-corrected chi connectivity index (χ3v) is 9.99. The van der Waals surface area contributed by atoms with Gasteiger partial charge in [0.2, 0.25) is 11.8 Å². The number of anilines is 2. The van der Waals surface area contributed by atoms with Gasteiger partial charge in [-0.3, -0.25) is 19.3 Å². The normalized spacial score (nSPS) is 28.4. The molecule has 188 valence electrons. The molecular formula is C25H20BrCl3N2O5. The van der Waals surface area contributed by atoms with Crippen molar-refractivity contribution in [1.82, 2.24) is 0 Å². The first-order valence-electron chi connectivity index (χ1n) is 11.3. The van der Waals surface area contributed by atoms with Crippen molar-refractivity contribution >= 4 is 85.8 Å². The summed E-state index contributed by atoms with van der Waals surface area (Å²) in [7, 11) is 0. The fraction of sp³-hybridized carbons (Fsp3) is 0.360. The Morgan fingerprint density at radius 3 is 2.19 bits per heavy atom. The molecule has 0 radical (unpaired) electrons. The molecule has 1 aliphatic heterocycles. The Morgan fingerprint density at radius 1 is 1.03 bits per heavy atom. The highest BCUT2D eigenvalue weighted by molar-refractivity contribution is 9.10. The first kappa shape index (κ1) is 25.5. The highest BCUT2D eigenvalue weighted by atomic mass is 79.9. The summed E-state index contributed by atoms with van der Waals surface area (Å²) in [4.78, 5) is 52.1. The molecule has 3 fully saturated rings. The number of carbonyl (C=O) groups excluding carboxylic acids is 4. The van der Waals surface area contributed by atoms with Crippen LogP contribution in [0.5, 0.6) is 0 Å². The third kappa shape index (κ3) is 4.12. The maximum atomic E-state index is 13.1. The van der Waals surface area contributed by atoms with Crippen LogP contribution >= 0.6 is 50.7 Å². The van der Waals surface area contributed by atoms with Crippen LogP contribution in [0.4, 0.5) is 11.4 Å². The van der Waals surface area contributed by atoms with Gasteiger partial charge >= 0.3 is 5.97 Å². The van der Waals surface area contributed by atoms with E-state index in [1.54, 1.807) is 19.1 Å². The fourth-order valence-electron chi connectivity index (χ4n) is 5.54. The Labute approximate surface area is 230 Å². The summed E-state index contributed by atoms with van der Waals surface area (Å²) in [6.45, 7) is 1.26. The minimum atomic E-state index is -0.716. The Balaban J connectivity index is 1.21. The first-order valence-corrected chi connectivity index (χ1v) is 13.3. The van der Waals surface area contributed by atoms with Gasteiger partial charge in [-0.15, -0.1) is 23.2 Å². The van der Waals surface area contributed by atoms with Crippen LogP contribution < -0.4 is 10.2 Å². The number of amides is 3. The van der Waals surface area contributed by atoms with Gasteiger partial charge in [-0.2, -0.15) is 0 Å². The van der Waals surface area contributed by atoms with Crippen LogP contribution in [0.15, 0.2) is 40.9 Å². The lowest BCUT2D eigenvalue weighted by Gasteiger charge is -2.28. The molecule has 2 aliphatic carbocycles. The van der Waals surface area contributed by atoms with Crippen molar-refractivity contribution in [1.29, 1.82) is 0 Å². The van der Waals surface area contributed by atoms with Crippen molar-refractivity contribution < 1.29 is 23.9 Å². The van der Waals surface area contributed by atoms with E-state index in [4.69, 9.17) is 39.5 Å². The van der Waals surface area contributed by atoms with Crippen LogP contribution in [-0.4, -0.2) is 41.1 Å². The fourth-order valence-corrected chi connectivity index (χ4v) is 7.03. The lowest BCUT2D eigenvalue weighted by Crippen LogP contribution is -2.37. The Hall–Kier alpha value is -2.13. The largest absolute Gasteiger partial charge is 0.452 e. The van der Waals surface area contributed by atoms with E-state index in [-0.39, 0.29) is 40.0 Å². The molecule has 0 aromatic heterocycles. The number of benzene rings is 2. The zero-order valence-corrected chi connectivity index (χ0v) is 22.7. The summed E-state index contributed by atoms with van der Waals surface area (Å²) in [6, 6.07) is 9.32. The lowest BCUT2D eigenvalue weighted by atomic mass is 9.80. The molecule has 1 heterocycles. The minimum absolute atomic E-state index is 0.108. The maximum absolute atomic E-state index is 13.1. The van der Waals surface area contributed by atoms with Crippen LogP contribution in [-0.2, 0) is 19.1 Å². The van der Waals surface area contributed by atoms with Gasteiger partial charge in [0, 0.05) is 10.2 Å². The SMILES string of the molecule is Cc1c(NC(=O)COC(=O)c2ccc(N3C(=O)[C@@H]4[C@H]5C[C@@H]([C@H](Cl)[C@H]5Cl)[C@@H]4C3=O)cc2)ccc(Br)c1Cl. The predicted octanol–water partition coefficient (Wildman–Crippen LogP) is 5.18. The molecule has 2 saturated carbocycles. The molecule has 3 amide bonds. The van der Waals surface area contributed by atoms with Crippen LogP contribution in [0.1, 0.15) is 22.3 Å². The van der Waals surface area contributed by atoms with Crippen LogP contribution in [0.25, 0.3) is 0 Å². The summed E-state index contributed by atoms with van der Waals surface area (Å²) in [6.07, 6.45) is 0.690. The van der Waals surface area contributed by atoms with E-state index in [1.807, 2.05) is 0 Å². The second kappa shape index (κ2) is 9.63. The highest BCUT2D eigenvalue weighted by Crippen LogP contribution is 2.59. The summed E-state index contributed by atoms with van der Waals surface area (Å²) in [5.41, 5.74) is 1.73. The number of ether oxygens (including phenoxy) is 1. The number of hydrogen-bond acceptors (Lipinski definition) is 5. The molecular weight excluding hydrogens is 595 g/mol. The molecule has 7 nitrogen and oxygen atoms in total. The Kier molecular flexibility index (Phi) is 6.83. The molecule has 2 bridgehead atoms. The molecule has 5 rings (SSSR count). The number of imide groups is 1. The highest BCUT2D eigenvalue weighted by Gasteiger charge is 2.66. The van der Waals surface area contributed by atoms with Gasteiger partial charge in [0.15, 0.2) is 6.61 Å². The van der Waals surface area contributed by atoms with Crippen LogP contribution in [0.3, 0.4) is 0 Å². The third-order valence-electron chi connectivity index (χ3n) is 7.30. The summed E-state index contributed by atoms with van der Waals surface area (Å²) in [5, 5.41) is 2.48. The number of nitrogens with one attached hydrogen (secondary N) is 1. The van der Waals surface area contributed by atoms with Gasteiger partial charge < -0.3 is 10.1 Å². The quantitative estimate of drug-likeness (QED) is 0.285.